The van der Waals surface area contributed by atoms with E-state index in [2.05, 4.69) is 10.2 Å². The molecule has 2 aromatic heterocycles. The predicted octanol–water partition coefficient (Wildman–Crippen LogP) is 3.66. The molecule has 2 heterocycles. The Morgan fingerprint density at radius 3 is 2.16 bits per heavy atom. The number of nitrogens with zero attached hydrogens (tertiary/aromatic N) is 2. The first kappa shape index (κ1) is 30.3. The number of hydrogen-bond donors (Lipinski definition) is 3. The van der Waals surface area contributed by atoms with Gasteiger partial charge in [-0.15, -0.1) is 11.3 Å². The van der Waals surface area contributed by atoms with E-state index in [9.17, 15) is 26.7 Å². The molecule has 0 saturated carbocycles. The molecule has 3 aromatic rings. The zero-order chi connectivity index (χ0) is 28.6. The SMILES string of the molecule is COc1cc(-c2ccc(Cn3c(CC(CN)=C(F)F)n[nH]c3=O)s2)cc(OC)c1OC.O=C(O)C(F)(F)F. The molecule has 4 N–H and O–H groups in total. The lowest BCUT2D eigenvalue weighted by Crippen LogP contribution is -2.21. The molecule has 38 heavy (non-hydrogen) atoms. The van der Waals surface area contributed by atoms with Gasteiger partial charge in [0.25, 0.3) is 6.08 Å². The number of methoxy groups -OCH3 is 3. The molecule has 16 heteroatoms. The molecule has 10 nitrogen and oxygen atoms in total. The van der Waals surface area contributed by atoms with Crippen LogP contribution in [0.5, 0.6) is 17.2 Å². The molecule has 0 fully saturated rings. The second-order valence-electron chi connectivity index (χ2n) is 7.26. The maximum Gasteiger partial charge on any atom is 0.490 e. The molecule has 0 unspecified atom stereocenters. The summed E-state index contributed by atoms with van der Waals surface area (Å²) in [5.74, 6) is -1.03. The van der Waals surface area contributed by atoms with Crippen molar-refractivity contribution in [1.82, 2.24) is 14.8 Å². The van der Waals surface area contributed by atoms with Crippen LogP contribution in [-0.4, -0.2) is 59.9 Å². The van der Waals surface area contributed by atoms with E-state index in [4.69, 9.17) is 29.8 Å². The Balaban J connectivity index is 0.000000638. The molecular formula is C22H23F5N4O6S. The number of aromatic amines is 1. The summed E-state index contributed by atoms with van der Waals surface area (Å²) in [5, 5.41) is 13.3. The van der Waals surface area contributed by atoms with Crippen LogP contribution in [0.3, 0.4) is 0 Å². The van der Waals surface area contributed by atoms with Crippen LogP contribution in [0.25, 0.3) is 10.4 Å². The summed E-state index contributed by atoms with van der Waals surface area (Å²) in [7, 11) is 4.61. The smallest absolute Gasteiger partial charge is 0.490 e. The van der Waals surface area contributed by atoms with Gasteiger partial charge in [-0.1, -0.05) is 0 Å². The van der Waals surface area contributed by atoms with Crippen molar-refractivity contribution in [3.8, 4) is 27.7 Å². The average molecular weight is 567 g/mol. The summed E-state index contributed by atoms with van der Waals surface area (Å²) >= 11 is 1.45. The van der Waals surface area contributed by atoms with Crippen molar-refractivity contribution in [3.05, 3.63) is 57.1 Å². The summed E-state index contributed by atoms with van der Waals surface area (Å²) in [4.78, 5) is 22.8. The monoisotopic (exact) mass is 566 g/mol. The van der Waals surface area contributed by atoms with Crippen molar-refractivity contribution >= 4 is 17.3 Å². The largest absolute Gasteiger partial charge is 0.493 e. The number of halogens is 5. The average Bonchev–Trinajstić information content (AvgIpc) is 3.48. The highest BCUT2D eigenvalue weighted by atomic mass is 32.1. The number of carboxylic acids is 1. The summed E-state index contributed by atoms with van der Waals surface area (Å²) in [6.45, 7) is -0.126. The number of carboxylic acid groups (broad SMARTS) is 1. The Labute approximate surface area is 216 Å². The standard InChI is InChI=1S/C20H22F2N4O4S.C2HF3O2/c1-28-14-6-11(7-15(29-2)18(14)30-3)16-5-4-13(31-16)10-26-17(24-25-20(26)27)8-12(9-23)19(21)22;3-2(4,5)1(6)7/h4-7H,8-10,23H2,1-3H3,(H,25,27);(H,6,7). The molecule has 0 saturated heterocycles. The van der Waals surface area contributed by atoms with E-state index in [1.165, 1.54) is 37.2 Å². The normalized spacial score (nSPS) is 10.9. The van der Waals surface area contributed by atoms with E-state index in [1.54, 1.807) is 0 Å². The highest BCUT2D eigenvalue weighted by molar-refractivity contribution is 7.15. The summed E-state index contributed by atoms with van der Waals surface area (Å²) in [5.41, 5.74) is 5.48. The van der Waals surface area contributed by atoms with Crippen molar-refractivity contribution in [3.63, 3.8) is 0 Å². The molecule has 0 atom stereocenters. The minimum absolute atomic E-state index is 0.186. The number of ether oxygens (including phenoxy) is 3. The summed E-state index contributed by atoms with van der Waals surface area (Å²) in [6, 6.07) is 7.42. The first-order valence-electron chi connectivity index (χ1n) is 10.4. The van der Waals surface area contributed by atoms with Crippen LogP contribution in [0.1, 0.15) is 10.7 Å². The molecule has 0 amide bonds. The number of alkyl halides is 3. The minimum Gasteiger partial charge on any atom is -0.493 e. The number of H-pyrrole nitrogens is 1. The van der Waals surface area contributed by atoms with Gasteiger partial charge in [-0.25, -0.2) is 14.7 Å². The van der Waals surface area contributed by atoms with Gasteiger partial charge in [0.1, 0.15) is 5.82 Å². The predicted molar refractivity (Wildman–Crippen MR) is 127 cm³/mol. The van der Waals surface area contributed by atoms with E-state index in [-0.39, 0.29) is 30.9 Å². The van der Waals surface area contributed by atoms with Crippen molar-refractivity contribution in [2.24, 2.45) is 5.73 Å². The lowest BCUT2D eigenvalue weighted by atomic mass is 10.1. The number of rotatable bonds is 9. The number of benzene rings is 1. The molecule has 208 valence electrons. The van der Waals surface area contributed by atoms with Gasteiger partial charge in [-0.2, -0.15) is 27.1 Å². The topological polar surface area (TPSA) is 142 Å². The van der Waals surface area contributed by atoms with Crippen LogP contribution in [0.15, 0.2) is 40.7 Å². The van der Waals surface area contributed by atoms with Crippen molar-refractivity contribution in [1.29, 1.82) is 0 Å². The first-order chi connectivity index (χ1) is 17.9. The zero-order valence-electron chi connectivity index (χ0n) is 20.2. The second-order valence-corrected chi connectivity index (χ2v) is 8.43. The number of aromatic nitrogens is 3. The minimum atomic E-state index is -5.08. The van der Waals surface area contributed by atoms with Crippen LogP contribution < -0.4 is 25.6 Å². The van der Waals surface area contributed by atoms with Crippen molar-refractivity contribution in [2.75, 3.05) is 27.9 Å². The molecule has 0 aliphatic heterocycles. The lowest BCUT2D eigenvalue weighted by molar-refractivity contribution is -0.192. The Morgan fingerprint density at radius 2 is 1.71 bits per heavy atom. The third-order valence-electron chi connectivity index (χ3n) is 4.89. The first-order valence-corrected chi connectivity index (χ1v) is 11.2. The van der Waals surface area contributed by atoms with Crippen LogP contribution in [-0.2, 0) is 17.8 Å². The van der Waals surface area contributed by atoms with Crippen LogP contribution in [0.4, 0.5) is 22.0 Å². The van der Waals surface area contributed by atoms with E-state index >= 15 is 0 Å². The Kier molecular flexibility index (Phi) is 10.4. The van der Waals surface area contributed by atoms with Gasteiger partial charge in [-0.3, -0.25) is 4.57 Å². The highest BCUT2D eigenvalue weighted by Crippen LogP contribution is 2.42. The maximum atomic E-state index is 13.0. The Hall–Kier alpha value is -3.92. The van der Waals surface area contributed by atoms with E-state index < -0.39 is 23.9 Å². The molecule has 0 radical (unpaired) electrons. The maximum absolute atomic E-state index is 13.0. The van der Waals surface area contributed by atoms with Gasteiger partial charge in [0.15, 0.2) is 11.5 Å². The molecule has 0 aliphatic rings. The van der Waals surface area contributed by atoms with Crippen molar-refractivity contribution in [2.45, 2.75) is 19.1 Å². The van der Waals surface area contributed by atoms with Gasteiger partial charge in [0.05, 0.1) is 27.9 Å². The van der Waals surface area contributed by atoms with E-state index in [0.29, 0.717) is 17.2 Å². The molecule has 0 spiro atoms. The van der Waals surface area contributed by atoms with Gasteiger partial charge in [0.2, 0.25) is 5.75 Å². The molecule has 0 bridgehead atoms. The lowest BCUT2D eigenvalue weighted by Gasteiger charge is -2.13. The van der Waals surface area contributed by atoms with Gasteiger partial charge < -0.3 is 25.1 Å². The number of thiophene rings is 1. The number of aliphatic carboxylic acids is 1. The number of nitrogens with one attached hydrogen (secondary N) is 1. The highest BCUT2D eigenvalue weighted by Gasteiger charge is 2.38. The fraction of sp³-hybridized carbons (Fsp3) is 0.318. The zero-order valence-corrected chi connectivity index (χ0v) is 21.0. The van der Waals surface area contributed by atoms with Gasteiger partial charge in [0, 0.05) is 28.3 Å². The van der Waals surface area contributed by atoms with Crippen LogP contribution in [0, 0.1) is 0 Å². The number of hydrogen-bond acceptors (Lipinski definition) is 8. The Morgan fingerprint density at radius 1 is 1.13 bits per heavy atom. The second kappa shape index (κ2) is 13.0. The summed E-state index contributed by atoms with van der Waals surface area (Å²) < 4.78 is 75.1. The van der Waals surface area contributed by atoms with E-state index in [1.807, 2.05) is 24.3 Å². The molecular weight excluding hydrogens is 543 g/mol. The van der Waals surface area contributed by atoms with E-state index in [0.717, 1.165) is 15.3 Å². The third kappa shape index (κ3) is 7.55. The molecule has 1 aromatic carbocycles. The summed E-state index contributed by atoms with van der Waals surface area (Å²) in [6.07, 6.45) is -7.15. The van der Waals surface area contributed by atoms with Gasteiger partial charge >= 0.3 is 17.8 Å². The van der Waals surface area contributed by atoms with Gasteiger partial charge in [-0.05, 0) is 29.8 Å². The number of carbonyl (C=O) groups is 1. The quantitative estimate of drug-likeness (QED) is 0.333. The van der Waals surface area contributed by atoms with Crippen molar-refractivity contribution < 1.29 is 46.1 Å². The third-order valence-corrected chi connectivity index (χ3v) is 6.01. The fourth-order valence-corrected chi connectivity index (χ4v) is 4.04. The van der Waals surface area contributed by atoms with Crippen LogP contribution in [0.2, 0.25) is 0 Å². The van der Waals surface area contributed by atoms with Crippen LogP contribution >= 0.6 is 11.3 Å². The molecule has 3 rings (SSSR count). The number of nitrogens with two attached hydrogens (primary N) is 1. The molecule has 0 aliphatic carbocycles. The Bertz CT molecular complexity index is 1320. The fourth-order valence-electron chi connectivity index (χ4n) is 3.05.